The van der Waals surface area contributed by atoms with Crippen molar-refractivity contribution in [3.63, 3.8) is 0 Å². The van der Waals surface area contributed by atoms with Crippen LogP contribution in [0.15, 0.2) is 24.3 Å². The molecule has 94 valence electrons. The number of rotatable bonds is 5. The van der Waals surface area contributed by atoms with Crippen molar-refractivity contribution in [2.24, 2.45) is 0 Å². The highest BCUT2D eigenvalue weighted by atomic mass is 16.4. The van der Waals surface area contributed by atoms with Gasteiger partial charge >= 0.3 is 5.97 Å². The second kappa shape index (κ2) is 6.40. The smallest absolute Gasteiger partial charge is 0.326 e. The van der Waals surface area contributed by atoms with E-state index in [4.69, 9.17) is 10.4 Å². The molecule has 0 aliphatic rings. The van der Waals surface area contributed by atoms with E-state index in [-0.39, 0.29) is 0 Å². The van der Waals surface area contributed by atoms with Gasteiger partial charge in [0.25, 0.3) is 5.91 Å². The van der Waals surface area contributed by atoms with E-state index in [0.717, 1.165) is 0 Å². The van der Waals surface area contributed by atoms with E-state index in [1.807, 2.05) is 13.0 Å². The van der Waals surface area contributed by atoms with Gasteiger partial charge in [0.15, 0.2) is 0 Å². The summed E-state index contributed by atoms with van der Waals surface area (Å²) in [6, 6.07) is 7.10. The Balaban J connectivity index is 2.74. The zero-order valence-electron chi connectivity index (χ0n) is 10.0. The second-order valence-electron chi connectivity index (χ2n) is 3.84. The summed E-state index contributed by atoms with van der Waals surface area (Å²) in [5, 5.41) is 20.0. The Morgan fingerprint density at radius 3 is 2.44 bits per heavy atom. The minimum Gasteiger partial charge on any atom is -0.480 e. The van der Waals surface area contributed by atoms with Gasteiger partial charge in [0.1, 0.15) is 6.04 Å². The number of hydrogen-bond acceptors (Lipinski definition) is 3. The van der Waals surface area contributed by atoms with Crippen molar-refractivity contribution in [2.45, 2.75) is 25.8 Å². The predicted octanol–water partition coefficient (Wildman–Crippen LogP) is 1.54. The van der Waals surface area contributed by atoms with Crippen LogP contribution in [0.2, 0.25) is 0 Å². The molecule has 0 bridgehead atoms. The molecule has 0 radical (unpaired) electrons. The summed E-state index contributed by atoms with van der Waals surface area (Å²) in [5.41, 5.74) is 0.797. The fraction of sp³-hybridized carbons (Fsp3) is 0.308. The van der Waals surface area contributed by atoms with Crippen molar-refractivity contribution in [1.82, 2.24) is 5.32 Å². The predicted molar refractivity (Wildman–Crippen MR) is 65.0 cm³/mol. The molecular formula is C13H14N2O3. The molecule has 1 aromatic carbocycles. The van der Waals surface area contributed by atoms with E-state index < -0.39 is 17.9 Å². The molecule has 0 unspecified atom stereocenters. The summed E-state index contributed by atoms with van der Waals surface area (Å²) >= 11 is 0. The van der Waals surface area contributed by atoms with Crippen LogP contribution in [0.3, 0.4) is 0 Å². The Morgan fingerprint density at radius 1 is 1.39 bits per heavy atom. The molecule has 1 rings (SSSR count). The maximum absolute atomic E-state index is 11.8. The summed E-state index contributed by atoms with van der Waals surface area (Å²) in [4.78, 5) is 22.7. The van der Waals surface area contributed by atoms with Crippen molar-refractivity contribution in [3.8, 4) is 6.07 Å². The summed E-state index contributed by atoms with van der Waals surface area (Å²) < 4.78 is 0. The number of carbonyl (C=O) groups excluding carboxylic acids is 1. The number of carboxylic acid groups (broad SMARTS) is 1. The third-order valence-electron chi connectivity index (χ3n) is 2.46. The van der Waals surface area contributed by atoms with Crippen molar-refractivity contribution in [1.29, 1.82) is 5.26 Å². The summed E-state index contributed by atoms with van der Waals surface area (Å²) in [6.07, 6.45) is 1.06. The molecule has 1 atom stereocenters. The van der Waals surface area contributed by atoms with Crippen molar-refractivity contribution >= 4 is 11.9 Å². The normalized spacial score (nSPS) is 11.3. The summed E-state index contributed by atoms with van der Waals surface area (Å²) in [6.45, 7) is 1.85. The van der Waals surface area contributed by atoms with Gasteiger partial charge in [-0.05, 0) is 30.7 Å². The lowest BCUT2D eigenvalue weighted by atomic mass is 10.1. The molecule has 1 amide bonds. The highest BCUT2D eigenvalue weighted by Gasteiger charge is 2.19. The third kappa shape index (κ3) is 3.59. The van der Waals surface area contributed by atoms with Crippen LogP contribution in [0, 0.1) is 11.3 Å². The molecule has 5 nitrogen and oxygen atoms in total. The Morgan fingerprint density at radius 2 is 2.00 bits per heavy atom. The van der Waals surface area contributed by atoms with Gasteiger partial charge in [-0.15, -0.1) is 0 Å². The van der Waals surface area contributed by atoms with Gasteiger partial charge in [-0.2, -0.15) is 5.26 Å². The van der Waals surface area contributed by atoms with Gasteiger partial charge in [-0.25, -0.2) is 4.79 Å². The van der Waals surface area contributed by atoms with Gasteiger partial charge < -0.3 is 10.4 Å². The van der Waals surface area contributed by atoms with Crippen molar-refractivity contribution in [2.75, 3.05) is 0 Å². The molecule has 5 heteroatoms. The lowest BCUT2D eigenvalue weighted by Gasteiger charge is -2.13. The maximum atomic E-state index is 11.8. The first-order chi connectivity index (χ1) is 8.58. The minimum atomic E-state index is -1.04. The van der Waals surface area contributed by atoms with Gasteiger partial charge in [0, 0.05) is 5.56 Å². The minimum absolute atomic E-state index is 0.344. The first-order valence-corrected chi connectivity index (χ1v) is 5.62. The van der Waals surface area contributed by atoms with Crippen LogP contribution in [0.1, 0.15) is 35.7 Å². The van der Waals surface area contributed by atoms with Crippen molar-refractivity contribution < 1.29 is 14.7 Å². The standard InChI is InChI=1S/C13H14N2O3/c1-2-3-11(13(17)18)15-12(16)10-6-4-9(8-14)5-7-10/h4-7,11H,2-3H2,1H3,(H,15,16)(H,17,18)/t11-/m1/s1. The Bertz CT molecular complexity index is 474. The maximum Gasteiger partial charge on any atom is 0.326 e. The van der Waals surface area contributed by atoms with Crippen LogP contribution in [0.25, 0.3) is 0 Å². The molecule has 0 fully saturated rings. The number of carboxylic acids is 1. The zero-order chi connectivity index (χ0) is 13.5. The van der Waals surface area contributed by atoms with E-state index in [2.05, 4.69) is 5.32 Å². The number of nitriles is 1. The van der Waals surface area contributed by atoms with Crippen LogP contribution >= 0.6 is 0 Å². The molecular weight excluding hydrogens is 232 g/mol. The van der Waals surface area contributed by atoms with Gasteiger partial charge in [-0.1, -0.05) is 13.3 Å². The van der Waals surface area contributed by atoms with E-state index in [0.29, 0.717) is 24.0 Å². The zero-order valence-corrected chi connectivity index (χ0v) is 10.0. The number of aliphatic carboxylic acids is 1. The molecule has 0 aromatic heterocycles. The number of nitrogens with one attached hydrogen (secondary N) is 1. The number of benzene rings is 1. The van der Waals surface area contributed by atoms with Crippen LogP contribution < -0.4 is 5.32 Å². The quantitative estimate of drug-likeness (QED) is 0.824. The second-order valence-corrected chi connectivity index (χ2v) is 3.84. The average Bonchev–Trinajstić information content (AvgIpc) is 2.38. The highest BCUT2D eigenvalue weighted by Crippen LogP contribution is 2.05. The highest BCUT2D eigenvalue weighted by molar-refractivity contribution is 5.96. The molecule has 0 heterocycles. The van der Waals surface area contributed by atoms with E-state index >= 15 is 0 Å². The van der Waals surface area contributed by atoms with Crippen LogP contribution in [0.5, 0.6) is 0 Å². The Kier molecular flexibility index (Phi) is 4.88. The topological polar surface area (TPSA) is 90.2 Å². The van der Waals surface area contributed by atoms with E-state index in [9.17, 15) is 9.59 Å². The average molecular weight is 246 g/mol. The van der Waals surface area contributed by atoms with Crippen LogP contribution in [0.4, 0.5) is 0 Å². The van der Waals surface area contributed by atoms with Crippen LogP contribution in [-0.4, -0.2) is 23.0 Å². The number of amides is 1. The molecule has 0 spiro atoms. The fourth-order valence-corrected chi connectivity index (χ4v) is 1.48. The van der Waals surface area contributed by atoms with Gasteiger partial charge in [0.2, 0.25) is 0 Å². The SMILES string of the molecule is CCC[C@@H](NC(=O)c1ccc(C#N)cc1)C(=O)O. The summed E-state index contributed by atoms with van der Waals surface area (Å²) in [7, 11) is 0. The van der Waals surface area contributed by atoms with Gasteiger partial charge in [-0.3, -0.25) is 4.79 Å². The number of hydrogen-bond donors (Lipinski definition) is 2. The van der Waals surface area contributed by atoms with Crippen LogP contribution in [-0.2, 0) is 4.79 Å². The van der Waals surface area contributed by atoms with E-state index in [1.165, 1.54) is 24.3 Å². The molecule has 18 heavy (non-hydrogen) atoms. The largest absolute Gasteiger partial charge is 0.480 e. The van der Waals surface area contributed by atoms with E-state index in [1.54, 1.807) is 0 Å². The summed E-state index contributed by atoms with van der Waals surface area (Å²) in [5.74, 6) is -1.49. The number of carbonyl (C=O) groups is 2. The lowest BCUT2D eigenvalue weighted by molar-refractivity contribution is -0.139. The molecule has 0 saturated carbocycles. The first kappa shape index (κ1) is 13.7. The molecule has 0 saturated heterocycles. The lowest BCUT2D eigenvalue weighted by Crippen LogP contribution is -2.40. The Hall–Kier alpha value is -2.35. The monoisotopic (exact) mass is 246 g/mol. The third-order valence-corrected chi connectivity index (χ3v) is 2.46. The molecule has 0 aliphatic heterocycles. The first-order valence-electron chi connectivity index (χ1n) is 5.62. The number of nitrogens with zero attached hydrogens (tertiary/aromatic N) is 1. The van der Waals surface area contributed by atoms with Crippen molar-refractivity contribution in [3.05, 3.63) is 35.4 Å². The molecule has 2 N–H and O–H groups in total. The van der Waals surface area contributed by atoms with Gasteiger partial charge in [0.05, 0.1) is 11.6 Å². The molecule has 0 aliphatic carbocycles. The Labute approximate surface area is 105 Å². The fourth-order valence-electron chi connectivity index (χ4n) is 1.48. The molecule has 1 aromatic rings.